The van der Waals surface area contributed by atoms with E-state index in [2.05, 4.69) is 29.1 Å². The van der Waals surface area contributed by atoms with Crippen LogP contribution in [0.25, 0.3) is 0 Å². The highest BCUT2D eigenvalue weighted by molar-refractivity contribution is 14.0. The number of nitrogens with one attached hydrogen (secondary N) is 1. The molecule has 0 saturated carbocycles. The highest BCUT2D eigenvalue weighted by Crippen LogP contribution is 2.17. The van der Waals surface area contributed by atoms with Crippen LogP contribution in [0.5, 0.6) is 0 Å². The summed E-state index contributed by atoms with van der Waals surface area (Å²) in [5.74, 6) is 1.27. The number of nitrogens with zero attached hydrogens (tertiary/aromatic N) is 2. The summed E-state index contributed by atoms with van der Waals surface area (Å²) in [7, 11) is 1.76. The van der Waals surface area contributed by atoms with Crippen LogP contribution in [0, 0.1) is 5.92 Å². The first kappa shape index (κ1) is 19.9. The Labute approximate surface area is 140 Å². The smallest absolute Gasteiger partial charge is 0.188 e. The number of hydrogen-bond acceptors (Lipinski definition) is 3. The maximum Gasteiger partial charge on any atom is 0.188 e. The summed E-state index contributed by atoms with van der Waals surface area (Å²) in [5, 5.41) is 3.21. The molecule has 5 nitrogen and oxygen atoms in total. The number of rotatable bonds is 7. The molecule has 20 heavy (non-hydrogen) atoms. The number of halogens is 1. The fraction of sp³-hybridized carbons (Fsp3) is 0.929. The summed E-state index contributed by atoms with van der Waals surface area (Å²) in [5.41, 5.74) is 5.87. The zero-order valence-electron chi connectivity index (χ0n) is 13.1. The molecule has 0 spiro atoms. The Balaban J connectivity index is 0.00000361. The van der Waals surface area contributed by atoms with Crippen molar-refractivity contribution in [2.24, 2.45) is 16.6 Å². The molecule has 0 aromatic heterocycles. The van der Waals surface area contributed by atoms with Crippen LogP contribution in [0.15, 0.2) is 4.99 Å². The lowest BCUT2D eigenvalue weighted by Gasteiger charge is -2.31. The van der Waals surface area contributed by atoms with E-state index in [4.69, 9.17) is 10.5 Å². The summed E-state index contributed by atoms with van der Waals surface area (Å²) in [6, 6.07) is 0.402. The van der Waals surface area contributed by atoms with Gasteiger partial charge < -0.3 is 20.7 Å². The minimum atomic E-state index is 0. The van der Waals surface area contributed by atoms with E-state index in [9.17, 15) is 0 Å². The molecule has 0 aromatic carbocycles. The van der Waals surface area contributed by atoms with Crippen LogP contribution >= 0.6 is 24.0 Å². The van der Waals surface area contributed by atoms with E-state index in [-0.39, 0.29) is 24.0 Å². The van der Waals surface area contributed by atoms with Crippen molar-refractivity contribution in [2.75, 3.05) is 39.9 Å². The largest absolute Gasteiger partial charge is 0.383 e. The van der Waals surface area contributed by atoms with Crippen molar-refractivity contribution >= 4 is 29.9 Å². The minimum absolute atomic E-state index is 0. The van der Waals surface area contributed by atoms with Gasteiger partial charge in [0.1, 0.15) is 0 Å². The molecule has 1 aliphatic rings. The molecule has 0 amide bonds. The predicted molar refractivity (Wildman–Crippen MR) is 95.8 cm³/mol. The average Bonchev–Trinajstić information content (AvgIpc) is 2.43. The molecule has 0 aliphatic carbocycles. The molecule has 6 heteroatoms. The van der Waals surface area contributed by atoms with Gasteiger partial charge in [-0.3, -0.25) is 4.99 Å². The molecule has 1 aliphatic heterocycles. The van der Waals surface area contributed by atoms with E-state index in [1.807, 2.05) is 0 Å². The lowest BCUT2D eigenvalue weighted by atomic mass is 9.97. The first-order chi connectivity index (χ1) is 9.15. The summed E-state index contributed by atoms with van der Waals surface area (Å²) in [6.07, 6.45) is 3.49. The maximum absolute atomic E-state index is 5.87. The van der Waals surface area contributed by atoms with Crippen molar-refractivity contribution in [3.63, 3.8) is 0 Å². The molecule has 1 fully saturated rings. The van der Waals surface area contributed by atoms with Gasteiger partial charge in [-0.15, -0.1) is 24.0 Å². The number of aliphatic imine (C=N–C) groups is 1. The molecule has 1 heterocycles. The Bertz CT molecular complexity index is 268. The summed E-state index contributed by atoms with van der Waals surface area (Å²) < 4.78 is 5.11. The molecular weight excluding hydrogens is 367 g/mol. The SMILES string of the molecule is CCC(C)NC(N)=NCC1CCN(CCOC)CC1.I. The Kier molecular flexibility index (Phi) is 11.5. The molecule has 1 saturated heterocycles. The molecule has 3 N–H and O–H groups in total. The van der Waals surface area contributed by atoms with Gasteiger partial charge in [-0.05, 0) is 45.2 Å². The van der Waals surface area contributed by atoms with E-state index >= 15 is 0 Å². The highest BCUT2D eigenvalue weighted by Gasteiger charge is 2.18. The van der Waals surface area contributed by atoms with Crippen molar-refractivity contribution < 1.29 is 4.74 Å². The third-order valence-corrected chi connectivity index (χ3v) is 3.85. The topological polar surface area (TPSA) is 62.9 Å². The Morgan fingerprint density at radius 2 is 2.10 bits per heavy atom. The van der Waals surface area contributed by atoms with Crippen LogP contribution in [-0.2, 0) is 4.74 Å². The van der Waals surface area contributed by atoms with Crippen LogP contribution in [0.1, 0.15) is 33.1 Å². The Morgan fingerprint density at radius 1 is 1.45 bits per heavy atom. The van der Waals surface area contributed by atoms with Crippen LogP contribution in [0.3, 0.4) is 0 Å². The van der Waals surface area contributed by atoms with Gasteiger partial charge in [0.15, 0.2) is 5.96 Å². The first-order valence-corrected chi connectivity index (χ1v) is 7.43. The Hall–Kier alpha value is -0.0800. The van der Waals surface area contributed by atoms with Gasteiger partial charge in [0, 0.05) is 26.2 Å². The number of likely N-dealkylation sites (tertiary alicyclic amines) is 1. The Morgan fingerprint density at radius 3 is 2.65 bits per heavy atom. The maximum atomic E-state index is 5.87. The second-order valence-electron chi connectivity index (χ2n) is 5.46. The number of ether oxygens (including phenoxy) is 1. The van der Waals surface area contributed by atoms with E-state index in [1.54, 1.807) is 7.11 Å². The molecular formula is C14H31IN4O. The van der Waals surface area contributed by atoms with Crippen LogP contribution < -0.4 is 11.1 Å². The number of piperidine rings is 1. The summed E-state index contributed by atoms with van der Waals surface area (Å²) >= 11 is 0. The molecule has 0 aromatic rings. The van der Waals surface area contributed by atoms with Gasteiger partial charge in [0.2, 0.25) is 0 Å². The normalized spacial score (nSPS) is 19.4. The van der Waals surface area contributed by atoms with Crippen LogP contribution in [0.2, 0.25) is 0 Å². The molecule has 1 atom stereocenters. The van der Waals surface area contributed by atoms with Gasteiger partial charge in [-0.2, -0.15) is 0 Å². The zero-order valence-corrected chi connectivity index (χ0v) is 15.4. The molecule has 1 unspecified atom stereocenters. The van der Waals surface area contributed by atoms with Crippen molar-refractivity contribution in [1.29, 1.82) is 0 Å². The van der Waals surface area contributed by atoms with Gasteiger partial charge in [0.25, 0.3) is 0 Å². The molecule has 1 rings (SSSR count). The zero-order chi connectivity index (χ0) is 14.1. The number of nitrogens with two attached hydrogens (primary N) is 1. The van der Waals surface area contributed by atoms with Crippen molar-refractivity contribution in [2.45, 2.75) is 39.2 Å². The fourth-order valence-corrected chi connectivity index (χ4v) is 2.24. The highest BCUT2D eigenvalue weighted by atomic mass is 127. The van der Waals surface area contributed by atoms with E-state index in [0.717, 1.165) is 39.2 Å². The second-order valence-corrected chi connectivity index (χ2v) is 5.46. The van der Waals surface area contributed by atoms with E-state index in [0.29, 0.717) is 17.9 Å². The van der Waals surface area contributed by atoms with Gasteiger partial charge in [0.05, 0.1) is 6.61 Å². The number of hydrogen-bond donors (Lipinski definition) is 2. The quantitative estimate of drug-likeness (QED) is 0.389. The van der Waals surface area contributed by atoms with E-state index < -0.39 is 0 Å². The van der Waals surface area contributed by atoms with E-state index in [1.165, 1.54) is 12.8 Å². The van der Waals surface area contributed by atoms with Crippen molar-refractivity contribution in [3.8, 4) is 0 Å². The summed E-state index contributed by atoms with van der Waals surface area (Å²) in [6.45, 7) is 9.30. The van der Waals surface area contributed by atoms with Crippen LogP contribution in [-0.4, -0.2) is 56.8 Å². The monoisotopic (exact) mass is 398 g/mol. The first-order valence-electron chi connectivity index (χ1n) is 7.43. The average molecular weight is 398 g/mol. The van der Waals surface area contributed by atoms with Gasteiger partial charge in [-0.1, -0.05) is 6.92 Å². The second kappa shape index (κ2) is 11.6. The number of methoxy groups -OCH3 is 1. The summed E-state index contributed by atoms with van der Waals surface area (Å²) in [4.78, 5) is 6.93. The van der Waals surface area contributed by atoms with Crippen molar-refractivity contribution in [3.05, 3.63) is 0 Å². The third kappa shape index (κ3) is 8.26. The molecule has 0 bridgehead atoms. The lowest BCUT2D eigenvalue weighted by molar-refractivity contribution is 0.121. The number of guanidine groups is 1. The van der Waals surface area contributed by atoms with Gasteiger partial charge >= 0.3 is 0 Å². The fourth-order valence-electron chi connectivity index (χ4n) is 2.24. The molecule has 120 valence electrons. The predicted octanol–water partition coefficient (Wildman–Crippen LogP) is 1.67. The molecule has 0 radical (unpaired) electrons. The standard InChI is InChI=1S/C14H30N4O.HI/c1-4-12(2)17-14(15)16-11-13-5-7-18(8-6-13)9-10-19-3;/h12-13H,4-11H2,1-3H3,(H3,15,16,17);1H. The third-order valence-electron chi connectivity index (χ3n) is 3.85. The van der Waals surface area contributed by atoms with Crippen molar-refractivity contribution in [1.82, 2.24) is 10.2 Å². The van der Waals surface area contributed by atoms with Gasteiger partial charge in [-0.25, -0.2) is 0 Å². The lowest BCUT2D eigenvalue weighted by Crippen LogP contribution is -2.39. The van der Waals surface area contributed by atoms with Crippen LogP contribution in [0.4, 0.5) is 0 Å². The minimum Gasteiger partial charge on any atom is -0.383 e.